The zero-order valence-corrected chi connectivity index (χ0v) is 14.9. The maximum atomic E-state index is 6.09. The number of hydrogen-bond acceptors (Lipinski definition) is 2. The fourth-order valence-electron chi connectivity index (χ4n) is 5.20. The van der Waals surface area contributed by atoms with E-state index in [9.17, 15) is 0 Å². The van der Waals surface area contributed by atoms with Crippen LogP contribution in [0.25, 0.3) is 0 Å². The Balaban J connectivity index is 1.47. The fraction of sp³-hybridized carbons (Fsp3) is 0.737. The lowest BCUT2D eigenvalue weighted by molar-refractivity contribution is -0.125. The van der Waals surface area contributed by atoms with Gasteiger partial charge < -0.3 is 19.9 Å². The summed E-state index contributed by atoms with van der Waals surface area (Å²) in [4.78, 5) is 4.83. The number of rotatable bonds is 4. The molecule has 3 atom stereocenters. The average Bonchev–Trinajstić information content (AvgIpc) is 3.29. The van der Waals surface area contributed by atoms with Crippen molar-refractivity contribution in [1.82, 2.24) is 15.2 Å². The quantitative estimate of drug-likeness (QED) is 0.658. The van der Waals surface area contributed by atoms with Gasteiger partial charge in [-0.05, 0) is 37.8 Å². The van der Waals surface area contributed by atoms with Gasteiger partial charge in [0.05, 0.1) is 12.6 Å². The molecule has 1 spiro atoms. The summed E-state index contributed by atoms with van der Waals surface area (Å²) in [5, 5.41) is 7.22. The molecule has 5 nitrogen and oxygen atoms in total. The Morgan fingerprint density at radius 2 is 2.25 bits per heavy atom. The van der Waals surface area contributed by atoms with Crippen molar-refractivity contribution in [2.45, 2.75) is 57.7 Å². The van der Waals surface area contributed by atoms with Crippen LogP contribution in [0.3, 0.4) is 0 Å². The summed E-state index contributed by atoms with van der Waals surface area (Å²) in [6.07, 6.45) is 11.2. The number of fused-ring (bicyclic) bond motifs is 2. The molecule has 1 saturated heterocycles. The molecule has 1 aliphatic heterocycles. The molecule has 1 aromatic heterocycles. The van der Waals surface area contributed by atoms with Gasteiger partial charge in [-0.2, -0.15) is 0 Å². The number of aryl methyl sites for hydroxylation is 1. The van der Waals surface area contributed by atoms with Crippen molar-refractivity contribution in [3.05, 3.63) is 24.0 Å². The number of hydrogen-bond donors (Lipinski definition) is 2. The lowest BCUT2D eigenvalue weighted by Gasteiger charge is -2.57. The van der Waals surface area contributed by atoms with E-state index in [4.69, 9.17) is 9.73 Å². The van der Waals surface area contributed by atoms with Crippen molar-refractivity contribution in [2.24, 2.45) is 23.4 Å². The number of aromatic nitrogens is 1. The number of nitrogens with zero attached hydrogens (tertiary/aromatic N) is 2. The Bertz CT molecular complexity index is 602. The number of guanidine groups is 1. The lowest BCUT2D eigenvalue weighted by Crippen LogP contribution is -2.69. The summed E-state index contributed by atoms with van der Waals surface area (Å²) in [6.45, 7) is 4.69. The van der Waals surface area contributed by atoms with Crippen LogP contribution in [0, 0.1) is 11.3 Å². The van der Waals surface area contributed by atoms with Gasteiger partial charge in [0.25, 0.3) is 0 Å². The summed E-state index contributed by atoms with van der Waals surface area (Å²) < 4.78 is 8.16. The zero-order chi connectivity index (χ0) is 16.6. The molecular weight excluding hydrogens is 300 g/mol. The topological polar surface area (TPSA) is 50.6 Å². The summed E-state index contributed by atoms with van der Waals surface area (Å²) in [7, 11) is 2.05. The van der Waals surface area contributed by atoms with E-state index in [1.54, 1.807) is 0 Å². The summed E-state index contributed by atoms with van der Waals surface area (Å²) in [6, 6.07) is 2.66. The van der Waals surface area contributed by atoms with E-state index in [0.717, 1.165) is 25.7 Å². The minimum Gasteiger partial charge on any atom is -0.377 e. The molecular formula is C19H30N4O. The molecule has 0 bridgehead atoms. The molecule has 2 saturated carbocycles. The van der Waals surface area contributed by atoms with Gasteiger partial charge in [0.1, 0.15) is 0 Å². The van der Waals surface area contributed by atoms with Crippen LogP contribution >= 0.6 is 0 Å². The maximum absolute atomic E-state index is 6.09. The molecule has 0 aromatic carbocycles. The van der Waals surface area contributed by atoms with Gasteiger partial charge in [-0.3, -0.25) is 0 Å². The van der Waals surface area contributed by atoms with E-state index in [0.29, 0.717) is 23.5 Å². The van der Waals surface area contributed by atoms with E-state index >= 15 is 0 Å². The second kappa shape index (κ2) is 6.43. The van der Waals surface area contributed by atoms with Gasteiger partial charge in [0.15, 0.2) is 5.96 Å². The van der Waals surface area contributed by atoms with Gasteiger partial charge in [-0.15, -0.1) is 0 Å². The Morgan fingerprint density at radius 1 is 1.42 bits per heavy atom. The Hall–Kier alpha value is -1.49. The summed E-state index contributed by atoms with van der Waals surface area (Å²) >= 11 is 0. The van der Waals surface area contributed by atoms with Crippen LogP contribution < -0.4 is 10.6 Å². The number of ether oxygens (including phenoxy) is 1. The highest BCUT2D eigenvalue weighted by Crippen LogP contribution is 2.60. The SMILES string of the molecule is CCNC(=NCc1ccn(C)c1)NC1C2CCOC2C12CCCC2. The predicted octanol–water partition coefficient (Wildman–Crippen LogP) is 2.43. The van der Waals surface area contributed by atoms with E-state index < -0.39 is 0 Å². The van der Waals surface area contributed by atoms with E-state index in [1.807, 2.05) is 0 Å². The largest absolute Gasteiger partial charge is 0.377 e. The standard InChI is InChI=1S/C19H30N4O/c1-3-20-18(21-12-14-6-10-23(2)13-14)22-16-15-7-11-24-17(15)19(16)8-4-5-9-19/h6,10,13,15-17H,3-5,7-9,11-12H2,1-2H3,(H2,20,21,22). The molecule has 3 unspecified atom stereocenters. The third kappa shape index (κ3) is 2.63. The van der Waals surface area contributed by atoms with Crippen molar-refractivity contribution < 1.29 is 4.74 Å². The molecule has 2 aliphatic carbocycles. The molecule has 0 amide bonds. The minimum atomic E-state index is 0.365. The first kappa shape index (κ1) is 16.0. The average molecular weight is 330 g/mol. The van der Waals surface area contributed by atoms with Gasteiger partial charge in [0, 0.05) is 50.0 Å². The van der Waals surface area contributed by atoms with Crippen LogP contribution in [0.1, 0.15) is 44.6 Å². The first-order chi connectivity index (χ1) is 11.7. The molecule has 2 N–H and O–H groups in total. The van der Waals surface area contributed by atoms with Crippen LogP contribution in [0.5, 0.6) is 0 Å². The second-order valence-corrected chi connectivity index (χ2v) is 7.69. The third-order valence-corrected chi connectivity index (χ3v) is 6.24. The molecule has 1 aromatic rings. The molecule has 4 rings (SSSR count). The van der Waals surface area contributed by atoms with Gasteiger partial charge in [-0.1, -0.05) is 12.8 Å². The molecule has 132 valence electrons. The van der Waals surface area contributed by atoms with Gasteiger partial charge in [-0.25, -0.2) is 4.99 Å². The van der Waals surface area contributed by atoms with Crippen LogP contribution in [0.15, 0.2) is 23.5 Å². The predicted molar refractivity (Wildman–Crippen MR) is 95.9 cm³/mol. The fourth-order valence-corrected chi connectivity index (χ4v) is 5.20. The molecule has 2 heterocycles. The third-order valence-electron chi connectivity index (χ3n) is 6.24. The number of nitrogens with one attached hydrogen (secondary N) is 2. The van der Waals surface area contributed by atoms with Crippen LogP contribution in [-0.4, -0.2) is 35.8 Å². The highest BCUT2D eigenvalue weighted by molar-refractivity contribution is 5.80. The van der Waals surface area contributed by atoms with Crippen LogP contribution in [-0.2, 0) is 18.3 Å². The Labute approximate surface area is 144 Å². The van der Waals surface area contributed by atoms with Crippen molar-refractivity contribution in [1.29, 1.82) is 0 Å². The van der Waals surface area contributed by atoms with Crippen molar-refractivity contribution >= 4 is 5.96 Å². The highest BCUT2D eigenvalue weighted by atomic mass is 16.5. The lowest BCUT2D eigenvalue weighted by atomic mass is 9.54. The summed E-state index contributed by atoms with van der Waals surface area (Å²) in [5.41, 5.74) is 1.62. The smallest absolute Gasteiger partial charge is 0.191 e. The summed E-state index contributed by atoms with van der Waals surface area (Å²) in [5.74, 6) is 1.63. The maximum Gasteiger partial charge on any atom is 0.191 e. The Morgan fingerprint density at radius 3 is 2.96 bits per heavy atom. The zero-order valence-electron chi connectivity index (χ0n) is 14.9. The minimum absolute atomic E-state index is 0.365. The van der Waals surface area contributed by atoms with E-state index in [-0.39, 0.29) is 0 Å². The Kier molecular flexibility index (Phi) is 4.29. The van der Waals surface area contributed by atoms with Crippen LogP contribution in [0.4, 0.5) is 0 Å². The van der Waals surface area contributed by atoms with Gasteiger partial charge >= 0.3 is 0 Å². The molecule has 5 heteroatoms. The van der Waals surface area contributed by atoms with Crippen molar-refractivity contribution in [2.75, 3.05) is 13.2 Å². The van der Waals surface area contributed by atoms with Crippen LogP contribution in [0.2, 0.25) is 0 Å². The van der Waals surface area contributed by atoms with Gasteiger partial charge in [0.2, 0.25) is 0 Å². The number of aliphatic imine (C=N–C) groups is 1. The van der Waals surface area contributed by atoms with Crippen molar-refractivity contribution in [3.63, 3.8) is 0 Å². The molecule has 0 radical (unpaired) electrons. The monoisotopic (exact) mass is 330 g/mol. The van der Waals surface area contributed by atoms with Crippen molar-refractivity contribution in [3.8, 4) is 0 Å². The first-order valence-corrected chi connectivity index (χ1v) is 9.50. The van der Waals surface area contributed by atoms with E-state index in [1.165, 1.54) is 37.7 Å². The molecule has 3 fully saturated rings. The normalized spacial score (nSPS) is 31.1. The molecule has 3 aliphatic rings. The molecule has 24 heavy (non-hydrogen) atoms. The van der Waals surface area contributed by atoms with E-state index in [2.05, 4.69) is 47.6 Å². The first-order valence-electron chi connectivity index (χ1n) is 9.50. The highest BCUT2D eigenvalue weighted by Gasteiger charge is 2.65. The second-order valence-electron chi connectivity index (χ2n) is 7.69.